The maximum Gasteiger partial charge on any atom is 0.226 e. The van der Waals surface area contributed by atoms with E-state index in [-0.39, 0.29) is 12.1 Å². The second-order valence-corrected chi connectivity index (χ2v) is 8.35. The molecule has 2 fully saturated rings. The molecule has 2 aliphatic heterocycles. The number of aromatic amines is 1. The number of pyridine rings is 1. The lowest BCUT2D eigenvalue weighted by molar-refractivity contribution is 0.0747. The number of aromatic nitrogens is 5. The third-order valence-corrected chi connectivity index (χ3v) is 5.90. The Kier molecular flexibility index (Phi) is 5.00. The van der Waals surface area contributed by atoms with Gasteiger partial charge in [0.2, 0.25) is 5.95 Å². The van der Waals surface area contributed by atoms with Crippen molar-refractivity contribution in [3.05, 3.63) is 24.5 Å². The predicted octanol–water partition coefficient (Wildman–Crippen LogP) is 1.83. The maximum atomic E-state index is 5.65. The molecule has 2 aliphatic rings. The van der Waals surface area contributed by atoms with Crippen LogP contribution in [0.25, 0.3) is 22.3 Å². The van der Waals surface area contributed by atoms with E-state index in [2.05, 4.69) is 63.2 Å². The molecule has 9 nitrogen and oxygen atoms in total. The van der Waals surface area contributed by atoms with Crippen LogP contribution in [0.1, 0.15) is 20.8 Å². The summed E-state index contributed by atoms with van der Waals surface area (Å²) in [4.78, 5) is 18.7. The third-order valence-electron chi connectivity index (χ3n) is 5.90. The summed E-state index contributed by atoms with van der Waals surface area (Å²) in [5, 5.41) is 11.0. The summed E-state index contributed by atoms with van der Waals surface area (Å²) >= 11 is 0. The number of piperazine rings is 1. The quantitative estimate of drug-likeness (QED) is 0.678. The zero-order valence-electron chi connectivity index (χ0n) is 17.7. The predicted molar refractivity (Wildman–Crippen MR) is 117 cm³/mol. The van der Waals surface area contributed by atoms with Crippen molar-refractivity contribution < 1.29 is 4.74 Å². The van der Waals surface area contributed by atoms with E-state index in [0.29, 0.717) is 25.2 Å². The Morgan fingerprint density at radius 3 is 2.63 bits per heavy atom. The summed E-state index contributed by atoms with van der Waals surface area (Å²) in [5.41, 5.74) is 3.38. The molecule has 0 radical (unpaired) electrons. The van der Waals surface area contributed by atoms with Crippen molar-refractivity contribution in [1.29, 1.82) is 0 Å². The highest BCUT2D eigenvalue weighted by molar-refractivity contribution is 5.89. The van der Waals surface area contributed by atoms with E-state index in [1.165, 1.54) is 0 Å². The SMILES string of the molecule is CC1CN(c2ccc(-c3n[nH]c4cnc(N5C(C)COCC5C)nc34)cn2)CCN1. The van der Waals surface area contributed by atoms with Crippen molar-refractivity contribution in [2.75, 3.05) is 42.6 Å². The van der Waals surface area contributed by atoms with Gasteiger partial charge in [-0.05, 0) is 32.9 Å². The van der Waals surface area contributed by atoms with E-state index in [1.807, 2.05) is 12.4 Å². The van der Waals surface area contributed by atoms with E-state index in [0.717, 1.165) is 47.7 Å². The summed E-state index contributed by atoms with van der Waals surface area (Å²) < 4.78 is 5.65. The van der Waals surface area contributed by atoms with Crippen molar-refractivity contribution in [3.8, 4) is 11.3 Å². The Hall–Kier alpha value is -2.78. The summed E-state index contributed by atoms with van der Waals surface area (Å²) in [5.74, 6) is 1.71. The van der Waals surface area contributed by atoms with Crippen LogP contribution in [0.5, 0.6) is 0 Å². The average molecular weight is 409 g/mol. The Labute approximate surface area is 175 Å². The lowest BCUT2D eigenvalue weighted by Crippen LogP contribution is -2.50. The molecule has 3 aromatic heterocycles. The van der Waals surface area contributed by atoms with Crippen molar-refractivity contribution in [1.82, 2.24) is 30.5 Å². The molecule has 158 valence electrons. The van der Waals surface area contributed by atoms with Crippen LogP contribution in [-0.2, 0) is 4.74 Å². The number of rotatable bonds is 3. The molecule has 9 heteroatoms. The van der Waals surface area contributed by atoms with Gasteiger partial charge in [-0.3, -0.25) is 5.10 Å². The molecule has 3 unspecified atom stereocenters. The number of H-pyrrole nitrogens is 1. The van der Waals surface area contributed by atoms with Gasteiger partial charge in [-0.2, -0.15) is 5.10 Å². The van der Waals surface area contributed by atoms with E-state index in [1.54, 1.807) is 0 Å². The second kappa shape index (κ2) is 7.81. The fourth-order valence-electron chi connectivity index (χ4n) is 4.38. The van der Waals surface area contributed by atoms with Crippen LogP contribution < -0.4 is 15.1 Å². The minimum atomic E-state index is 0.226. The molecule has 0 aromatic carbocycles. The Morgan fingerprint density at radius 2 is 1.90 bits per heavy atom. The first-order valence-corrected chi connectivity index (χ1v) is 10.6. The monoisotopic (exact) mass is 408 g/mol. The molecule has 5 rings (SSSR count). The lowest BCUT2D eigenvalue weighted by atomic mass is 10.1. The zero-order valence-corrected chi connectivity index (χ0v) is 17.7. The lowest BCUT2D eigenvalue weighted by Gasteiger charge is -2.38. The molecule has 3 aromatic rings. The Morgan fingerprint density at radius 1 is 1.07 bits per heavy atom. The molecule has 5 heterocycles. The number of ether oxygens (including phenoxy) is 1. The number of morpholine rings is 1. The van der Waals surface area contributed by atoms with Gasteiger partial charge >= 0.3 is 0 Å². The van der Waals surface area contributed by atoms with E-state index < -0.39 is 0 Å². The van der Waals surface area contributed by atoms with Gasteiger partial charge in [-0.1, -0.05) is 0 Å². The van der Waals surface area contributed by atoms with Gasteiger partial charge in [-0.25, -0.2) is 15.0 Å². The number of hydrogen-bond donors (Lipinski definition) is 2. The van der Waals surface area contributed by atoms with Crippen LogP contribution in [0, 0.1) is 0 Å². The number of fused-ring (bicyclic) bond motifs is 1. The Bertz CT molecular complexity index is 1010. The topological polar surface area (TPSA) is 95.1 Å². The molecule has 3 atom stereocenters. The largest absolute Gasteiger partial charge is 0.377 e. The van der Waals surface area contributed by atoms with Gasteiger partial charge in [0.05, 0.1) is 31.5 Å². The van der Waals surface area contributed by atoms with Crippen molar-refractivity contribution in [2.45, 2.75) is 38.9 Å². The molecule has 30 heavy (non-hydrogen) atoms. The van der Waals surface area contributed by atoms with Gasteiger partial charge in [-0.15, -0.1) is 0 Å². The van der Waals surface area contributed by atoms with Crippen LogP contribution in [0.15, 0.2) is 24.5 Å². The van der Waals surface area contributed by atoms with Crippen LogP contribution in [-0.4, -0.2) is 76.1 Å². The molecule has 2 saturated heterocycles. The van der Waals surface area contributed by atoms with Gasteiger partial charge in [0, 0.05) is 37.4 Å². The molecular weight excluding hydrogens is 380 g/mol. The van der Waals surface area contributed by atoms with Crippen LogP contribution in [0.4, 0.5) is 11.8 Å². The summed E-state index contributed by atoms with van der Waals surface area (Å²) in [7, 11) is 0. The number of nitrogens with one attached hydrogen (secondary N) is 2. The third kappa shape index (κ3) is 3.48. The van der Waals surface area contributed by atoms with Crippen molar-refractivity contribution in [3.63, 3.8) is 0 Å². The minimum Gasteiger partial charge on any atom is -0.377 e. The molecule has 0 aliphatic carbocycles. The molecule has 0 bridgehead atoms. The van der Waals surface area contributed by atoms with Crippen LogP contribution in [0.3, 0.4) is 0 Å². The van der Waals surface area contributed by atoms with E-state index in [9.17, 15) is 0 Å². The Balaban J connectivity index is 1.46. The summed E-state index contributed by atoms with van der Waals surface area (Å²) in [6.45, 7) is 10.7. The normalized spacial score (nSPS) is 25.1. The van der Waals surface area contributed by atoms with Gasteiger partial charge in [0.25, 0.3) is 0 Å². The second-order valence-electron chi connectivity index (χ2n) is 8.35. The van der Waals surface area contributed by atoms with Crippen LogP contribution in [0.2, 0.25) is 0 Å². The van der Waals surface area contributed by atoms with Crippen LogP contribution >= 0.6 is 0 Å². The van der Waals surface area contributed by atoms with E-state index >= 15 is 0 Å². The fourth-order valence-corrected chi connectivity index (χ4v) is 4.38. The standard InChI is InChI=1S/C21H28N8O/c1-13-10-28(7-6-22-13)18-5-4-16(8-23-18)19-20-17(26-27-19)9-24-21(25-20)29-14(2)11-30-12-15(29)3/h4-5,8-9,13-15,22H,6-7,10-12H2,1-3H3,(H,26,27). The fraction of sp³-hybridized carbons (Fsp3) is 0.524. The summed E-state index contributed by atoms with van der Waals surface area (Å²) in [6.07, 6.45) is 3.70. The number of anilines is 2. The molecular formula is C21H28N8O. The molecule has 0 saturated carbocycles. The van der Waals surface area contributed by atoms with Crippen molar-refractivity contribution >= 4 is 22.8 Å². The first-order valence-electron chi connectivity index (χ1n) is 10.6. The highest BCUT2D eigenvalue weighted by Crippen LogP contribution is 2.28. The molecule has 2 N–H and O–H groups in total. The van der Waals surface area contributed by atoms with Gasteiger partial charge < -0.3 is 19.9 Å². The zero-order chi connectivity index (χ0) is 20.7. The smallest absolute Gasteiger partial charge is 0.226 e. The highest BCUT2D eigenvalue weighted by Gasteiger charge is 2.28. The first kappa shape index (κ1) is 19.2. The molecule has 0 amide bonds. The van der Waals surface area contributed by atoms with Crippen molar-refractivity contribution in [2.24, 2.45) is 0 Å². The average Bonchev–Trinajstić information content (AvgIpc) is 3.17. The first-order chi connectivity index (χ1) is 14.6. The highest BCUT2D eigenvalue weighted by atomic mass is 16.5. The molecule has 0 spiro atoms. The number of hydrogen-bond acceptors (Lipinski definition) is 8. The van der Waals surface area contributed by atoms with Gasteiger partial charge in [0.15, 0.2) is 0 Å². The number of nitrogens with zero attached hydrogens (tertiary/aromatic N) is 6. The minimum absolute atomic E-state index is 0.226. The van der Waals surface area contributed by atoms with Gasteiger partial charge in [0.1, 0.15) is 22.5 Å². The summed E-state index contributed by atoms with van der Waals surface area (Å²) in [6, 6.07) is 5.07. The van der Waals surface area contributed by atoms with E-state index in [4.69, 9.17) is 14.7 Å². The maximum absolute atomic E-state index is 5.65.